The first-order valence-corrected chi connectivity index (χ1v) is 9.14. The van der Waals surface area contributed by atoms with Crippen molar-refractivity contribution in [3.8, 4) is 0 Å². The van der Waals surface area contributed by atoms with Gasteiger partial charge in [-0.2, -0.15) is 0 Å². The van der Waals surface area contributed by atoms with E-state index >= 15 is 0 Å². The summed E-state index contributed by atoms with van der Waals surface area (Å²) in [6, 6.07) is 5.19. The maximum absolute atomic E-state index is 3.88. The summed E-state index contributed by atoms with van der Waals surface area (Å²) < 4.78 is 0. The Kier molecular flexibility index (Phi) is 5.14. The standard InChI is InChI=1S/C17H28N2S/c1-19-12-15(17-8-5-9-20-17)10-16(13-19)18-11-14-6-3-2-4-7-14/h5,8-9,14-16,18H,2-4,6-7,10-13H2,1H3. The second-order valence-corrected chi connectivity index (χ2v) is 7.76. The van der Waals surface area contributed by atoms with Crippen LogP contribution in [0, 0.1) is 5.92 Å². The minimum absolute atomic E-state index is 0.683. The van der Waals surface area contributed by atoms with Crippen molar-refractivity contribution >= 4 is 11.3 Å². The van der Waals surface area contributed by atoms with Crippen molar-refractivity contribution in [2.45, 2.75) is 50.5 Å². The van der Waals surface area contributed by atoms with Crippen LogP contribution in [0.2, 0.25) is 0 Å². The molecular formula is C17H28N2S. The maximum atomic E-state index is 3.88. The fourth-order valence-corrected chi connectivity index (χ4v) is 4.76. The van der Waals surface area contributed by atoms with E-state index in [2.05, 4.69) is 34.8 Å². The lowest BCUT2D eigenvalue weighted by molar-refractivity contribution is 0.197. The number of piperidine rings is 1. The van der Waals surface area contributed by atoms with Gasteiger partial charge >= 0.3 is 0 Å². The first-order chi connectivity index (χ1) is 9.81. The molecule has 3 rings (SSSR count). The zero-order valence-electron chi connectivity index (χ0n) is 12.7. The van der Waals surface area contributed by atoms with Crippen LogP contribution >= 0.6 is 11.3 Å². The minimum atomic E-state index is 0.683. The van der Waals surface area contributed by atoms with Gasteiger partial charge in [0.25, 0.3) is 0 Å². The van der Waals surface area contributed by atoms with Gasteiger partial charge in [0.2, 0.25) is 0 Å². The van der Waals surface area contributed by atoms with E-state index in [1.165, 1.54) is 58.2 Å². The average molecular weight is 292 g/mol. The minimum Gasteiger partial charge on any atom is -0.312 e. The van der Waals surface area contributed by atoms with Gasteiger partial charge in [-0.25, -0.2) is 0 Å². The lowest BCUT2D eigenvalue weighted by atomic mass is 9.88. The van der Waals surface area contributed by atoms with E-state index in [4.69, 9.17) is 0 Å². The molecule has 20 heavy (non-hydrogen) atoms. The van der Waals surface area contributed by atoms with Gasteiger partial charge in [0.15, 0.2) is 0 Å². The summed E-state index contributed by atoms with van der Waals surface area (Å²) in [4.78, 5) is 4.08. The molecule has 0 bridgehead atoms. The highest BCUT2D eigenvalue weighted by molar-refractivity contribution is 7.10. The lowest BCUT2D eigenvalue weighted by Gasteiger charge is -2.36. The topological polar surface area (TPSA) is 15.3 Å². The molecule has 3 heteroatoms. The molecule has 1 N–H and O–H groups in total. The second-order valence-electron chi connectivity index (χ2n) is 6.78. The third-order valence-corrected chi connectivity index (χ3v) is 6.03. The van der Waals surface area contributed by atoms with Gasteiger partial charge in [0.1, 0.15) is 0 Å². The number of hydrogen-bond acceptors (Lipinski definition) is 3. The van der Waals surface area contributed by atoms with Crippen LogP contribution in [0.4, 0.5) is 0 Å². The number of likely N-dealkylation sites (N-methyl/N-ethyl adjacent to an activating group) is 1. The van der Waals surface area contributed by atoms with E-state index in [-0.39, 0.29) is 0 Å². The van der Waals surface area contributed by atoms with E-state index in [9.17, 15) is 0 Å². The number of likely N-dealkylation sites (tertiary alicyclic amines) is 1. The van der Waals surface area contributed by atoms with Crippen molar-refractivity contribution in [3.63, 3.8) is 0 Å². The third-order valence-electron chi connectivity index (χ3n) is 5.00. The van der Waals surface area contributed by atoms with Crippen LogP contribution in [0.5, 0.6) is 0 Å². The summed E-state index contributed by atoms with van der Waals surface area (Å²) in [5, 5.41) is 6.09. The van der Waals surface area contributed by atoms with E-state index in [0.717, 1.165) is 11.8 Å². The van der Waals surface area contributed by atoms with E-state index in [0.29, 0.717) is 6.04 Å². The summed E-state index contributed by atoms with van der Waals surface area (Å²) in [6.07, 6.45) is 8.58. The van der Waals surface area contributed by atoms with Gasteiger partial charge in [-0.05, 0) is 50.2 Å². The van der Waals surface area contributed by atoms with Crippen molar-refractivity contribution in [1.82, 2.24) is 10.2 Å². The number of nitrogens with zero attached hydrogens (tertiary/aromatic N) is 1. The van der Waals surface area contributed by atoms with Crippen LogP contribution in [0.15, 0.2) is 17.5 Å². The molecule has 1 saturated heterocycles. The number of rotatable bonds is 4. The first-order valence-electron chi connectivity index (χ1n) is 8.26. The van der Waals surface area contributed by atoms with Crippen LogP contribution < -0.4 is 5.32 Å². The normalized spacial score (nSPS) is 29.6. The molecule has 0 spiro atoms. The molecule has 1 aliphatic carbocycles. The zero-order valence-corrected chi connectivity index (χ0v) is 13.5. The number of hydrogen-bond donors (Lipinski definition) is 1. The van der Waals surface area contributed by atoms with E-state index < -0.39 is 0 Å². The molecule has 2 heterocycles. The Morgan fingerprint density at radius 2 is 2.10 bits per heavy atom. The second kappa shape index (κ2) is 7.06. The van der Waals surface area contributed by atoms with Gasteiger partial charge in [0.05, 0.1) is 0 Å². The average Bonchev–Trinajstić information content (AvgIpc) is 3.00. The Morgan fingerprint density at radius 3 is 2.85 bits per heavy atom. The van der Waals surface area contributed by atoms with Crippen LogP contribution in [0.3, 0.4) is 0 Å². The summed E-state index contributed by atoms with van der Waals surface area (Å²) in [6.45, 7) is 3.69. The van der Waals surface area contributed by atoms with Gasteiger partial charge in [-0.15, -0.1) is 11.3 Å². The molecule has 2 nitrogen and oxygen atoms in total. The summed E-state index contributed by atoms with van der Waals surface area (Å²) in [7, 11) is 2.27. The smallest absolute Gasteiger partial charge is 0.0201 e. The predicted octanol–water partition coefficient (Wildman–Crippen LogP) is 3.71. The van der Waals surface area contributed by atoms with Crippen LogP contribution in [-0.2, 0) is 0 Å². The largest absolute Gasteiger partial charge is 0.312 e. The molecule has 112 valence electrons. The Hall–Kier alpha value is -0.380. The Morgan fingerprint density at radius 1 is 1.25 bits per heavy atom. The fourth-order valence-electron chi connectivity index (χ4n) is 3.92. The van der Waals surface area contributed by atoms with Gasteiger partial charge in [-0.3, -0.25) is 0 Å². The SMILES string of the molecule is CN1CC(NCC2CCCCC2)CC(c2cccs2)C1. The third kappa shape index (κ3) is 3.84. The predicted molar refractivity (Wildman–Crippen MR) is 87.5 cm³/mol. The molecule has 2 atom stereocenters. The Balaban J connectivity index is 1.50. The molecular weight excluding hydrogens is 264 g/mol. The Bertz CT molecular complexity index is 384. The molecule has 0 amide bonds. The lowest BCUT2D eigenvalue weighted by Crippen LogP contribution is -2.48. The highest BCUT2D eigenvalue weighted by atomic mass is 32.1. The molecule has 0 radical (unpaired) electrons. The number of nitrogens with one attached hydrogen (secondary N) is 1. The molecule has 1 aliphatic heterocycles. The van der Waals surface area contributed by atoms with Crippen LogP contribution in [0.1, 0.15) is 49.3 Å². The van der Waals surface area contributed by atoms with Crippen molar-refractivity contribution in [2.24, 2.45) is 5.92 Å². The molecule has 2 unspecified atom stereocenters. The first kappa shape index (κ1) is 14.6. The van der Waals surface area contributed by atoms with Crippen LogP contribution in [0.25, 0.3) is 0 Å². The molecule has 1 saturated carbocycles. The monoisotopic (exact) mass is 292 g/mol. The molecule has 1 aromatic heterocycles. The summed E-state index contributed by atoms with van der Waals surface area (Å²) in [5.41, 5.74) is 0. The molecule has 1 aromatic rings. The number of thiophene rings is 1. The van der Waals surface area contributed by atoms with Crippen LogP contribution in [-0.4, -0.2) is 37.6 Å². The van der Waals surface area contributed by atoms with Crippen molar-refractivity contribution < 1.29 is 0 Å². The fraction of sp³-hybridized carbons (Fsp3) is 0.765. The maximum Gasteiger partial charge on any atom is 0.0201 e. The van der Waals surface area contributed by atoms with E-state index in [1.807, 2.05) is 11.3 Å². The Labute approximate surface area is 127 Å². The quantitative estimate of drug-likeness (QED) is 0.910. The summed E-state index contributed by atoms with van der Waals surface area (Å²) >= 11 is 1.93. The van der Waals surface area contributed by atoms with Crippen molar-refractivity contribution in [2.75, 3.05) is 26.7 Å². The van der Waals surface area contributed by atoms with Gasteiger partial charge in [0, 0.05) is 29.9 Å². The molecule has 0 aromatic carbocycles. The highest BCUT2D eigenvalue weighted by Gasteiger charge is 2.27. The molecule has 2 fully saturated rings. The highest BCUT2D eigenvalue weighted by Crippen LogP contribution is 2.30. The van der Waals surface area contributed by atoms with Gasteiger partial charge < -0.3 is 10.2 Å². The van der Waals surface area contributed by atoms with Crippen molar-refractivity contribution in [1.29, 1.82) is 0 Å². The summed E-state index contributed by atoms with van der Waals surface area (Å²) in [5.74, 6) is 1.67. The van der Waals surface area contributed by atoms with Crippen molar-refractivity contribution in [3.05, 3.63) is 22.4 Å². The zero-order chi connectivity index (χ0) is 13.8. The van der Waals surface area contributed by atoms with E-state index in [1.54, 1.807) is 4.88 Å². The molecule has 2 aliphatic rings. The van der Waals surface area contributed by atoms with Gasteiger partial charge in [-0.1, -0.05) is 25.3 Å².